The normalized spacial score (nSPS) is 18.6. The number of rotatable bonds is 13. The number of halogens is 1. The van der Waals surface area contributed by atoms with Crippen LogP contribution < -0.4 is 19.7 Å². The van der Waals surface area contributed by atoms with Gasteiger partial charge in [-0.3, -0.25) is 24.6 Å². The topological polar surface area (TPSA) is 112 Å². The van der Waals surface area contributed by atoms with E-state index in [2.05, 4.69) is 33.9 Å². The minimum atomic E-state index is -0.642. The molecule has 0 bridgehead atoms. The highest BCUT2D eigenvalue weighted by atomic mass is 19.1. The molecular weight excluding hydrogens is 724 g/mol. The van der Waals surface area contributed by atoms with Crippen molar-refractivity contribution < 1.29 is 33.4 Å². The first kappa shape index (κ1) is 39.4. The van der Waals surface area contributed by atoms with Crippen LogP contribution in [0.1, 0.15) is 89.0 Å². The van der Waals surface area contributed by atoms with Crippen LogP contribution in [0.25, 0.3) is 0 Å². The van der Waals surface area contributed by atoms with Crippen LogP contribution >= 0.6 is 0 Å². The van der Waals surface area contributed by atoms with Gasteiger partial charge in [0.1, 0.15) is 29.1 Å². The van der Waals surface area contributed by atoms with Gasteiger partial charge in [0.25, 0.3) is 5.91 Å². The second-order valence-corrected chi connectivity index (χ2v) is 15.1. The number of hydrogen-bond acceptors (Lipinski definition) is 8. The Balaban J connectivity index is 0.952. The van der Waals surface area contributed by atoms with Gasteiger partial charge >= 0.3 is 0 Å². The molecule has 3 unspecified atom stereocenters. The maximum atomic E-state index is 16.2. The molecule has 57 heavy (non-hydrogen) atoms. The van der Waals surface area contributed by atoms with Gasteiger partial charge in [-0.1, -0.05) is 43.0 Å². The number of hydrogen-bond donors (Lipinski definition) is 2. The number of piperidine rings is 1. The van der Waals surface area contributed by atoms with Crippen LogP contribution in [0.15, 0.2) is 78.9 Å². The molecule has 0 spiro atoms. The van der Waals surface area contributed by atoms with Crippen LogP contribution in [-0.4, -0.2) is 85.6 Å². The van der Waals surface area contributed by atoms with E-state index in [9.17, 15) is 19.5 Å². The number of amides is 3. The maximum absolute atomic E-state index is 16.2. The van der Waals surface area contributed by atoms with E-state index in [-0.39, 0.29) is 41.6 Å². The average Bonchev–Trinajstić information content (AvgIpc) is 3.53. The number of phenols is 1. The number of phenolic OH excluding ortho intramolecular Hbond substituents is 1. The van der Waals surface area contributed by atoms with E-state index in [0.717, 1.165) is 72.5 Å². The highest BCUT2D eigenvalue weighted by Crippen LogP contribution is 2.48. The largest absolute Gasteiger partial charge is 0.508 e. The van der Waals surface area contributed by atoms with Gasteiger partial charge in [-0.2, -0.15) is 0 Å². The lowest BCUT2D eigenvalue weighted by molar-refractivity contribution is -0.136. The Bertz CT molecular complexity index is 2210. The Hall–Kier alpha value is -5.86. The lowest BCUT2D eigenvalue weighted by Gasteiger charge is -2.35. The van der Waals surface area contributed by atoms with Crippen LogP contribution in [0.4, 0.5) is 10.1 Å². The standard InChI is InChI=1S/C46H49FN4O6/c1-4-20-50(23-6-5-21-49(2)22-8-9-30-12-15-36-33(24-30)28-51(46(36)55)41-18-19-43(53)48-45(41)54)40-17-13-32(26-39(40)47)44-37-16-14-34(52)27-42(37)57-29-38(44)31-10-7-11-35(25-31)56-3/h7,10-17,24-27,38,41,44,52H,4-6,18-23,28-29H2,1-3H3,(H,48,53,54). The third-order valence-electron chi connectivity index (χ3n) is 11.2. The minimum Gasteiger partial charge on any atom is -0.508 e. The monoisotopic (exact) mass is 772 g/mol. The molecule has 3 heterocycles. The Morgan fingerprint density at radius 2 is 1.82 bits per heavy atom. The Kier molecular flexibility index (Phi) is 12.1. The molecular formula is C46H49FN4O6. The number of anilines is 1. The van der Waals surface area contributed by atoms with Crippen molar-refractivity contribution in [3.63, 3.8) is 0 Å². The van der Waals surface area contributed by atoms with E-state index >= 15 is 4.39 Å². The predicted octanol–water partition coefficient (Wildman–Crippen LogP) is 6.59. The van der Waals surface area contributed by atoms with Crippen molar-refractivity contribution >= 4 is 23.4 Å². The third kappa shape index (κ3) is 8.76. The summed E-state index contributed by atoms with van der Waals surface area (Å²) in [5.41, 5.74) is 5.58. The summed E-state index contributed by atoms with van der Waals surface area (Å²) >= 11 is 0. The summed E-state index contributed by atoms with van der Waals surface area (Å²) in [5.74, 6) is 6.48. The van der Waals surface area contributed by atoms with Gasteiger partial charge in [0.05, 0.1) is 25.9 Å². The SMILES string of the molecule is CCCN(CCCCN(C)CC#Cc1ccc2c(c1)CN(C1CCC(=O)NC1=O)C2=O)c1ccc(C2c3ccc(O)cc3OCC2c2cccc(OC)c2)cc1F. The molecule has 3 amide bonds. The second-order valence-electron chi connectivity index (χ2n) is 15.1. The number of ether oxygens (including phenoxy) is 2. The van der Waals surface area contributed by atoms with Gasteiger partial charge in [-0.15, -0.1) is 0 Å². The molecule has 0 saturated carbocycles. The maximum Gasteiger partial charge on any atom is 0.255 e. The van der Waals surface area contributed by atoms with E-state index in [1.54, 1.807) is 36.3 Å². The molecule has 4 aromatic rings. The summed E-state index contributed by atoms with van der Waals surface area (Å²) in [5, 5.41) is 12.5. The van der Waals surface area contributed by atoms with Crippen molar-refractivity contribution in [1.29, 1.82) is 0 Å². The van der Waals surface area contributed by atoms with E-state index in [1.165, 1.54) is 0 Å². The molecule has 0 aliphatic carbocycles. The van der Waals surface area contributed by atoms with E-state index in [1.807, 2.05) is 61.6 Å². The molecule has 7 rings (SSSR count). The van der Waals surface area contributed by atoms with Crippen molar-refractivity contribution in [3.05, 3.63) is 118 Å². The first-order valence-electron chi connectivity index (χ1n) is 19.7. The first-order valence-corrected chi connectivity index (χ1v) is 19.7. The molecule has 3 aliphatic rings. The van der Waals surface area contributed by atoms with Gasteiger partial charge in [-0.25, -0.2) is 4.39 Å². The molecule has 3 aliphatic heterocycles. The van der Waals surface area contributed by atoms with Gasteiger partial charge in [0, 0.05) is 60.6 Å². The van der Waals surface area contributed by atoms with Crippen molar-refractivity contribution in [2.75, 3.05) is 51.8 Å². The van der Waals surface area contributed by atoms with Crippen LogP contribution in [0.3, 0.4) is 0 Å². The molecule has 1 fully saturated rings. The van der Waals surface area contributed by atoms with Gasteiger partial charge in [0.15, 0.2) is 0 Å². The summed E-state index contributed by atoms with van der Waals surface area (Å²) in [7, 11) is 3.67. The zero-order valence-corrected chi connectivity index (χ0v) is 32.7. The second kappa shape index (κ2) is 17.5. The number of unbranched alkanes of at least 4 members (excludes halogenated alkanes) is 1. The van der Waals surface area contributed by atoms with Crippen molar-refractivity contribution in [3.8, 4) is 29.1 Å². The number of imide groups is 1. The lowest BCUT2D eigenvalue weighted by atomic mass is 9.75. The Morgan fingerprint density at radius 1 is 0.982 bits per heavy atom. The van der Waals surface area contributed by atoms with Crippen LogP contribution in [0.5, 0.6) is 17.2 Å². The van der Waals surface area contributed by atoms with Gasteiger partial charge in [0.2, 0.25) is 11.8 Å². The zero-order chi connectivity index (χ0) is 40.1. The van der Waals surface area contributed by atoms with Crippen molar-refractivity contribution in [2.24, 2.45) is 0 Å². The summed E-state index contributed by atoms with van der Waals surface area (Å²) in [4.78, 5) is 42.8. The lowest BCUT2D eigenvalue weighted by Crippen LogP contribution is -2.52. The van der Waals surface area contributed by atoms with E-state index in [0.29, 0.717) is 43.1 Å². The molecule has 2 N–H and O–H groups in total. The molecule has 3 atom stereocenters. The highest BCUT2D eigenvalue weighted by Gasteiger charge is 2.39. The fourth-order valence-electron chi connectivity index (χ4n) is 8.26. The molecule has 11 heteroatoms. The third-order valence-corrected chi connectivity index (χ3v) is 11.2. The minimum absolute atomic E-state index is 0.0901. The van der Waals surface area contributed by atoms with Crippen molar-refractivity contribution in [1.82, 2.24) is 15.1 Å². The summed E-state index contributed by atoms with van der Waals surface area (Å²) in [6, 6.07) is 23.5. The average molecular weight is 773 g/mol. The Labute approximate surface area is 333 Å². The first-order chi connectivity index (χ1) is 27.6. The quantitative estimate of drug-likeness (QED) is 0.0891. The number of carbonyl (C=O) groups is 3. The number of nitrogens with one attached hydrogen (secondary N) is 1. The Morgan fingerprint density at radius 3 is 2.61 bits per heavy atom. The smallest absolute Gasteiger partial charge is 0.255 e. The molecule has 0 aromatic heterocycles. The molecule has 4 aromatic carbocycles. The van der Waals surface area contributed by atoms with E-state index in [4.69, 9.17) is 9.47 Å². The zero-order valence-electron chi connectivity index (χ0n) is 32.7. The van der Waals surface area contributed by atoms with Crippen molar-refractivity contribution in [2.45, 2.75) is 63.5 Å². The highest BCUT2D eigenvalue weighted by molar-refractivity contribution is 6.05. The summed E-state index contributed by atoms with van der Waals surface area (Å²) in [6.07, 6.45) is 3.24. The van der Waals surface area contributed by atoms with Gasteiger partial charge in [-0.05, 0) is 104 Å². The molecule has 296 valence electrons. The number of nitrogens with zero attached hydrogens (tertiary/aromatic N) is 3. The number of fused-ring (bicyclic) bond motifs is 2. The van der Waals surface area contributed by atoms with Crippen LogP contribution in [-0.2, 0) is 16.1 Å². The number of carbonyl (C=O) groups excluding carboxylic acids is 3. The van der Waals surface area contributed by atoms with Crippen LogP contribution in [0, 0.1) is 17.7 Å². The molecule has 10 nitrogen and oxygen atoms in total. The fourth-order valence-corrected chi connectivity index (χ4v) is 8.26. The van der Waals surface area contributed by atoms with Gasteiger partial charge < -0.3 is 24.4 Å². The summed E-state index contributed by atoms with van der Waals surface area (Å²) in [6.45, 7) is 5.66. The summed E-state index contributed by atoms with van der Waals surface area (Å²) < 4.78 is 27.8. The number of aromatic hydroxyl groups is 1. The molecule has 0 radical (unpaired) electrons. The molecule has 1 saturated heterocycles. The fraction of sp³-hybridized carbons (Fsp3) is 0.370. The number of methoxy groups -OCH3 is 1. The number of benzene rings is 4. The van der Waals surface area contributed by atoms with E-state index < -0.39 is 11.9 Å². The predicted molar refractivity (Wildman–Crippen MR) is 216 cm³/mol. The van der Waals surface area contributed by atoms with Crippen LogP contribution in [0.2, 0.25) is 0 Å².